The Kier molecular flexibility index (Phi) is 1.42. The molecule has 13 heavy (non-hydrogen) atoms. The Bertz CT molecular complexity index is 573. The van der Waals surface area contributed by atoms with Gasteiger partial charge in [0.15, 0.2) is 0 Å². The van der Waals surface area contributed by atoms with E-state index >= 15 is 0 Å². The van der Waals surface area contributed by atoms with E-state index in [1.807, 2.05) is 6.92 Å². The first kappa shape index (κ1) is 7.85. The van der Waals surface area contributed by atoms with Crippen LogP contribution in [0.25, 0.3) is 10.9 Å². The fraction of sp³-hybridized carbons (Fsp3) is 0.250. The maximum atomic E-state index is 11.3. The van der Waals surface area contributed by atoms with Gasteiger partial charge in [0.25, 0.3) is 5.56 Å². The Morgan fingerprint density at radius 2 is 1.62 bits per heavy atom. The minimum Gasteiger partial charge on any atom is -0.360 e. The summed E-state index contributed by atoms with van der Waals surface area (Å²) in [5, 5.41) is 0.525. The summed E-state index contributed by atoms with van der Waals surface area (Å²) in [4.78, 5) is 30.0. The standard InChI is InChI=1S/C8H9N3O2/c1-3-5-6(4(2)9-3)10-8(13)11-7(5)12/h9H,1-2H3,(H2,10,11,12,13). The van der Waals surface area contributed by atoms with E-state index in [-0.39, 0.29) is 5.56 Å². The number of aromatic nitrogens is 3. The van der Waals surface area contributed by atoms with Crippen molar-refractivity contribution >= 4 is 10.9 Å². The number of fused-ring (bicyclic) bond motifs is 1. The van der Waals surface area contributed by atoms with E-state index in [0.29, 0.717) is 10.9 Å². The van der Waals surface area contributed by atoms with Gasteiger partial charge in [0.1, 0.15) is 0 Å². The quantitative estimate of drug-likeness (QED) is 0.538. The van der Waals surface area contributed by atoms with E-state index in [9.17, 15) is 9.59 Å². The van der Waals surface area contributed by atoms with Crippen molar-refractivity contribution in [3.63, 3.8) is 0 Å². The first-order valence-electron chi connectivity index (χ1n) is 3.91. The zero-order valence-electron chi connectivity index (χ0n) is 7.32. The lowest BCUT2D eigenvalue weighted by molar-refractivity contribution is 1.08. The maximum absolute atomic E-state index is 11.3. The SMILES string of the molecule is Cc1[nH]c(C)c2c(=O)[nH]c(=O)[nH]c12. The molecule has 0 spiro atoms. The molecule has 0 aromatic carbocycles. The highest BCUT2D eigenvalue weighted by Gasteiger charge is 2.08. The van der Waals surface area contributed by atoms with Crippen LogP contribution in [0.5, 0.6) is 0 Å². The summed E-state index contributed by atoms with van der Waals surface area (Å²) in [5.74, 6) is 0. The topological polar surface area (TPSA) is 81.5 Å². The lowest BCUT2D eigenvalue weighted by atomic mass is 10.3. The molecule has 3 N–H and O–H groups in total. The van der Waals surface area contributed by atoms with Gasteiger partial charge in [0.05, 0.1) is 10.9 Å². The highest BCUT2D eigenvalue weighted by Crippen LogP contribution is 2.13. The Morgan fingerprint density at radius 1 is 0.923 bits per heavy atom. The van der Waals surface area contributed by atoms with Gasteiger partial charge in [0, 0.05) is 11.4 Å². The number of rotatable bonds is 0. The van der Waals surface area contributed by atoms with Crippen LogP contribution in [0.3, 0.4) is 0 Å². The number of nitrogens with one attached hydrogen (secondary N) is 3. The lowest BCUT2D eigenvalue weighted by Crippen LogP contribution is -2.21. The average Bonchev–Trinajstić information content (AvgIpc) is 2.27. The second kappa shape index (κ2) is 2.35. The van der Waals surface area contributed by atoms with E-state index in [1.54, 1.807) is 6.92 Å². The third-order valence-corrected chi connectivity index (χ3v) is 2.07. The van der Waals surface area contributed by atoms with Crippen molar-refractivity contribution < 1.29 is 0 Å². The molecule has 0 saturated heterocycles. The molecule has 2 aromatic heterocycles. The summed E-state index contributed by atoms with van der Waals surface area (Å²) in [7, 11) is 0. The lowest BCUT2D eigenvalue weighted by Gasteiger charge is -1.89. The van der Waals surface area contributed by atoms with Gasteiger partial charge < -0.3 is 9.97 Å². The number of aromatic amines is 3. The third-order valence-electron chi connectivity index (χ3n) is 2.07. The van der Waals surface area contributed by atoms with Crippen LogP contribution < -0.4 is 11.2 Å². The minimum absolute atomic E-state index is 0.347. The van der Waals surface area contributed by atoms with Crippen molar-refractivity contribution in [3.8, 4) is 0 Å². The number of aryl methyl sites for hydroxylation is 2. The summed E-state index contributed by atoms with van der Waals surface area (Å²) >= 11 is 0. The molecule has 2 heterocycles. The molecule has 5 nitrogen and oxygen atoms in total. The van der Waals surface area contributed by atoms with E-state index < -0.39 is 5.69 Å². The van der Waals surface area contributed by atoms with Crippen molar-refractivity contribution in [2.24, 2.45) is 0 Å². The van der Waals surface area contributed by atoms with E-state index in [1.165, 1.54) is 0 Å². The fourth-order valence-corrected chi connectivity index (χ4v) is 1.53. The summed E-state index contributed by atoms with van der Waals surface area (Å²) in [6, 6.07) is 0. The second-order valence-corrected chi connectivity index (χ2v) is 3.03. The van der Waals surface area contributed by atoms with Crippen LogP contribution >= 0.6 is 0 Å². The first-order valence-corrected chi connectivity index (χ1v) is 3.91. The van der Waals surface area contributed by atoms with Gasteiger partial charge in [-0.05, 0) is 13.8 Å². The van der Waals surface area contributed by atoms with Crippen molar-refractivity contribution in [2.45, 2.75) is 13.8 Å². The Labute approximate surface area is 72.8 Å². The first-order chi connectivity index (χ1) is 6.09. The Morgan fingerprint density at radius 3 is 2.31 bits per heavy atom. The van der Waals surface area contributed by atoms with Crippen LogP contribution in [0.2, 0.25) is 0 Å². The van der Waals surface area contributed by atoms with Gasteiger partial charge in [0.2, 0.25) is 0 Å². The zero-order chi connectivity index (χ0) is 9.59. The molecule has 0 radical (unpaired) electrons. The van der Waals surface area contributed by atoms with Crippen LogP contribution in [-0.2, 0) is 0 Å². The molecule has 0 atom stereocenters. The van der Waals surface area contributed by atoms with Gasteiger partial charge in [-0.15, -0.1) is 0 Å². The van der Waals surface area contributed by atoms with Gasteiger partial charge in [-0.1, -0.05) is 0 Å². The molecular formula is C8H9N3O2. The maximum Gasteiger partial charge on any atom is 0.326 e. The third kappa shape index (κ3) is 1.00. The molecule has 0 aliphatic rings. The van der Waals surface area contributed by atoms with Crippen molar-refractivity contribution in [2.75, 3.05) is 0 Å². The van der Waals surface area contributed by atoms with Crippen LogP contribution in [0.4, 0.5) is 0 Å². The van der Waals surface area contributed by atoms with E-state index in [2.05, 4.69) is 15.0 Å². The van der Waals surface area contributed by atoms with Crippen LogP contribution in [0.15, 0.2) is 9.59 Å². The average molecular weight is 179 g/mol. The minimum atomic E-state index is -0.473. The largest absolute Gasteiger partial charge is 0.360 e. The molecular weight excluding hydrogens is 170 g/mol. The molecule has 0 aliphatic carbocycles. The molecule has 2 aromatic rings. The van der Waals surface area contributed by atoms with Crippen LogP contribution in [0, 0.1) is 13.8 Å². The fourth-order valence-electron chi connectivity index (χ4n) is 1.53. The van der Waals surface area contributed by atoms with Gasteiger partial charge in [-0.2, -0.15) is 0 Å². The Balaban J connectivity index is 3.15. The van der Waals surface area contributed by atoms with E-state index in [0.717, 1.165) is 11.4 Å². The normalized spacial score (nSPS) is 10.9. The van der Waals surface area contributed by atoms with Crippen molar-refractivity contribution in [3.05, 3.63) is 32.2 Å². The molecule has 68 valence electrons. The van der Waals surface area contributed by atoms with Crippen molar-refractivity contribution in [1.82, 2.24) is 15.0 Å². The molecule has 0 fully saturated rings. The Hall–Kier alpha value is -1.78. The predicted molar refractivity (Wildman–Crippen MR) is 49.0 cm³/mol. The monoisotopic (exact) mass is 179 g/mol. The second-order valence-electron chi connectivity index (χ2n) is 3.03. The highest BCUT2D eigenvalue weighted by molar-refractivity contribution is 5.82. The predicted octanol–water partition coefficient (Wildman–Crippen LogP) is 0.161. The van der Waals surface area contributed by atoms with E-state index in [4.69, 9.17) is 0 Å². The number of hydrogen-bond acceptors (Lipinski definition) is 2. The van der Waals surface area contributed by atoms with Crippen LogP contribution in [-0.4, -0.2) is 15.0 Å². The summed E-state index contributed by atoms with van der Waals surface area (Å²) < 4.78 is 0. The number of hydrogen-bond donors (Lipinski definition) is 3. The zero-order valence-corrected chi connectivity index (χ0v) is 7.32. The van der Waals surface area contributed by atoms with Crippen molar-refractivity contribution in [1.29, 1.82) is 0 Å². The summed E-state index contributed by atoms with van der Waals surface area (Å²) in [6.45, 7) is 3.60. The summed E-state index contributed by atoms with van der Waals surface area (Å²) in [6.07, 6.45) is 0. The van der Waals surface area contributed by atoms with Gasteiger partial charge >= 0.3 is 5.69 Å². The molecule has 2 rings (SSSR count). The van der Waals surface area contributed by atoms with Crippen LogP contribution in [0.1, 0.15) is 11.4 Å². The highest BCUT2D eigenvalue weighted by atomic mass is 16.2. The smallest absolute Gasteiger partial charge is 0.326 e. The molecule has 0 saturated carbocycles. The van der Waals surface area contributed by atoms with Gasteiger partial charge in [-0.25, -0.2) is 4.79 Å². The molecule has 0 amide bonds. The molecule has 0 unspecified atom stereocenters. The molecule has 0 bridgehead atoms. The molecule has 5 heteroatoms. The van der Waals surface area contributed by atoms with Gasteiger partial charge in [-0.3, -0.25) is 9.78 Å². The number of H-pyrrole nitrogens is 3. The summed E-state index contributed by atoms with van der Waals surface area (Å²) in [5.41, 5.74) is 1.34. The molecule has 0 aliphatic heterocycles.